The minimum Gasteiger partial charge on any atom is -0.370 e. The fraction of sp³-hybridized carbons (Fsp3) is 0.818. The summed E-state index contributed by atoms with van der Waals surface area (Å²) >= 11 is 0. The monoisotopic (exact) mass is 208 g/mol. The lowest BCUT2D eigenvalue weighted by Crippen LogP contribution is -2.44. The van der Waals surface area contributed by atoms with Gasteiger partial charge in [0.1, 0.15) is 0 Å². The molecule has 1 aliphatic carbocycles. The normalized spacial score (nSPS) is 18.1. The molecule has 4 heteroatoms. The van der Waals surface area contributed by atoms with Gasteiger partial charge in [0.15, 0.2) is 5.96 Å². The van der Waals surface area contributed by atoms with Crippen LogP contribution in [0.1, 0.15) is 39.5 Å². The lowest BCUT2D eigenvalue weighted by atomic mass is 9.90. The summed E-state index contributed by atoms with van der Waals surface area (Å²) in [7, 11) is 0. The van der Waals surface area contributed by atoms with E-state index in [9.17, 15) is 0 Å². The summed E-state index contributed by atoms with van der Waals surface area (Å²) in [6, 6.07) is 2.69. The van der Waals surface area contributed by atoms with E-state index in [-0.39, 0.29) is 5.41 Å². The topological polar surface area (TPSA) is 74.2 Å². The van der Waals surface area contributed by atoms with Crippen molar-refractivity contribution in [2.75, 3.05) is 6.54 Å². The standard InChI is InChI=1S/C11H20N4/c1-11(2,6-7-12)8-14-10(13)15-9-4-3-5-9/h9H,3-6,8H2,1-2H3,(H3,13,14,15). The van der Waals surface area contributed by atoms with Crippen molar-refractivity contribution in [3.63, 3.8) is 0 Å². The molecule has 4 nitrogen and oxygen atoms in total. The molecule has 0 aromatic carbocycles. The molecule has 3 N–H and O–H groups in total. The number of hydrogen-bond acceptors (Lipinski definition) is 2. The fourth-order valence-electron chi connectivity index (χ4n) is 1.38. The van der Waals surface area contributed by atoms with Gasteiger partial charge in [0.05, 0.1) is 6.07 Å². The zero-order chi connectivity index (χ0) is 11.3. The van der Waals surface area contributed by atoms with E-state index in [0.29, 0.717) is 25.0 Å². The van der Waals surface area contributed by atoms with E-state index < -0.39 is 0 Å². The van der Waals surface area contributed by atoms with Gasteiger partial charge in [-0.25, -0.2) is 0 Å². The lowest BCUT2D eigenvalue weighted by Gasteiger charge is -2.27. The number of aliphatic imine (C=N–C) groups is 1. The summed E-state index contributed by atoms with van der Waals surface area (Å²) < 4.78 is 0. The Morgan fingerprint density at radius 2 is 2.27 bits per heavy atom. The van der Waals surface area contributed by atoms with Crippen molar-refractivity contribution in [2.24, 2.45) is 16.1 Å². The molecule has 0 aromatic rings. The van der Waals surface area contributed by atoms with Crippen LogP contribution in [0.2, 0.25) is 0 Å². The molecule has 0 saturated heterocycles. The second kappa shape index (κ2) is 5.01. The summed E-state index contributed by atoms with van der Waals surface area (Å²) in [4.78, 5) is 4.27. The van der Waals surface area contributed by atoms with Crippen molar-refractivity contribution in [3.8, 4) is 6.07 Å². The van der Waals surface area contributed by atoms with Gasteiger partial charge < -0.3 is 11.1 Å². The summed E-state index contributed by atoms with van der Waals surface area (Å²) in [5, 5.41) is 11.8. The molecule has 0 bridgehead atoms. The fourth-order valence-corrected chi connectivity index (χ4v) is 1.38. The Balaban J connectivity index is 2.31. The highest BCUT2D eigenvalue weighted by molar-refractivity contribution is 5.78. The Bertz CT molecular complexity index is 271. The molecular formula is C11H20N4. The maximum absolute atomic E-state index is 8.61. The minimum absolute atomic E-state index is 0.0827. The Hall–Kier alpha value is -1.24. The van der Waals surface area contributed by atoms with Gasteiger partial charge in [-0.05, 0) is 24.7 Å². The number of hydrogen-bond donors (Lipinski definition) is 2. The Kier molecular flexibility index (Phi) is 3.96. The third-order valence-corrected chi connectivity index (χ3v) is 2.69. The van der Waals surface area contributed by atoms with E-state index in [2.05, 4.69) is 16.4 Å². The number of guanidine groups is 1. The first kappa shape index (κ1) is 11.8. The average molecular weight is 208 g/mol. The van der Waals surface area contributed by atoms with Gasteiger partial charge in [-0.2, -0.15) is 5.26 Å². The molecule has 1 rings (SSSR count). The van der Waals surface area contributed by atoms with Crippen LogP contribution in [0.3, 0.4) is 0 Å². The highest BCUT2D eigenvalue weighted by Crippen LogP contribution is 2.20. The molecule has 0 unspecified atom stereocenters. The van der Waals surface area contributed by atoms with Crippen LogP contribution in [0.25, 0.3) is 0 Å². The summed E-state index contributed by atoms with van der Waals surface area (Å²) in [5.74, 6) is 0.519. The molecule has 15 heavy (non-hydrogen) atoms. The number of nitrogens with two attached hydrogens (primary N) is 1. The Morgan fingerprint density at radius 1 is 1.60 bits per heavy atom. The van der Waals surface area contributed by atoms with Crippen molar-refractivity contribution in [3.05, 3.63) is 0 Å². The summed E-state index contributed by atoms with van der Waals surface area (Å²) in [6.45, 7) is 4.65. The van der Waals surface area contributed by atoms with E-state index in [1.165, 1.54) is 19.3 Å². The second-order valence-corrected chi connectivity index (χ2v) is 4.97. The van der Waals surface area contributed by atoms with Gasteiger partial charge in [0, 0.05) is 19.0 Å². The molecule has 0 radical (unpaired) electrons. The lowest BCUT2D eigenvalue weighted by molar-refractivity contribution is 0.374. The van der Waals surface area contributed by atoms with E-state index in [1.807, 2.05) is 13.8 Å². The van der Waals surface area contributed by atoms with Crippen molar-refractivity contribution < 1.29 is 0 Å². The van der Waals surface area contributed by atoms with Crippen LogP contribution >= 0.6 is 0 Å². The van der Waals surface area contributed by atoms with E-state index in [0.717, 1.165) is 0 Å². The molecule has 0 heterocycles. The number of nitrogens with zero attached hydrogens (tertiary/aromatic N) is 2. The molecule has 1 fully saturated rings. The minimum atomic E-state index is -0.0827. The molecular weight excluding hydrogens is 188 g/mol. The molecule has 0 aromatic heterocycles. The van der Waals surface area contributed by atoms with E-state index >= 15 is 0 Å². The third kappa shape index (κ3) is 4.20. The predicted octanol–water partition coefficient (Wildman–Crippen LogP) is 1.38. The quantitative estimate of drug-likeness (QED) is 0.541. The van der Waals surface area contributed by atoms with Gasteiger partial charge in [-0.1, -0.05) is 13.8 Å². The Labute approximate surface area is 91.6 Å². The van der Waals surface area contributed by atoms with Crippen molar-refractivity contribution in [1.29, 1.82) is 5.26 Å². The number of nitriles is 1. The summed E-state index contributed by atoms with van der Waals surface area (Å²) in [6.07, 6.45) is 4.17. The first-order valence-electron chi connectivity index (χ1n) is 5.47. The van der Waals surface area contributed by atoms with Gasteiger partial charge in [0.2, 0.25) is 0 Å². The van der Waals surface area contributed by atoms with Crippen molar-refractivity contribution >= 4 is 5.96 Å². The van der Waals surface area contributed by atoms with Crippen LogP contribution < -0.4 is 11.1 Å². The van der Waals surface area contributed by atoms with Crippen LogP contribution in [0.4, 0.5) is 0 Å². The average Bonchev–Trinajstić information content (AvgIpc) is 2.08. The van der Waals surface area contributed by atoms with Crippen molar-refractivity contribution in [1.82, 2.24) is 5.32 Å². The largest absolute Gasteiger partial charge is 0.370 e. The predicted molar refractivity (Wildman–Crippen MR) is 61.3 cm³/mol. The molecule has 84 valence electrons. The smallest absolute Gasteiger partial charge is 0.188 e. The molecule has 1 aliphatic rings. The van der Waals surface area contributed by atoms with E-state index in [4.69, 9.17) is 11.0 Å². The third-order valence-electron chi connectivity index (χ3n) is 2.69. The molecule has 0 spiro atoms. The SMILES string of the molecule is CC(C)(CC#N)CN=C(N)NC1CCC1. The maximum Gasteiger partial charge on any atom is 0.188 e. The van der Waals surface area contributed by atoms with Crippen LogP contribution in [0, 0.1) is 16.7 Å². The van der Waals surface area contributed by atoms with Crippen molar-refractivity contribution in [2.45, 2.75) is 45.6 Å². The van der Waals surface area contributed by atoms with Gasteiger partial charge in [-0.3, -0.25) is 4.99 Å². The zero-order valence-corrected chi connectivity index (χ0v) is 9.58. The Morgan fingerprint density at radius 3 is 2.73 bits per heavy atom. The van der Waals surface area contributed by atoms with Gasteiger partial charge in [0.25, 0.3) is 0 Å². The highest BCUT2D eigenvalue weighted by Gasteiger charge is 2.19. The maximum atomic E-state index is 8.61. The second-order valence-electron chi connectivity index (χ2n) is 4.97. The number of rotatable bonds is 4. The first-order valence-corrected chi connectivity index (χ1v) is 5.47. The highest BCUT2D eigenvalue weighted by atomic mass is 15.1. The van der Waals surface area contributed by atoms with Crippen LogP contribution in [0.15, 0.2) is 4.99 Å². The van der Waals surface area contributed by atoms with Crippen LogP contribution in [0.5, 0.6) is 0 Å². The van der Waals surface area contributed by atoms with E-state index in [1.54, 1.807) is 0 Å². The molecule has 0 aliphatic heterocycles. The zero-order valence-electron chi connectivity index (χ0n) is 9.58. The number of nitrogens with one attached hydrogen (secondary N) is 1. The first-order chi connectivity index (χ1) is 7.03. The molecule has 1 saturated carbocycles. The van der Waals surface area contributed by atoms with Gasteiger partial charge in [-0.15, -0.1) is 0 Å². The van der Waals surface area contributed by atoms with Gasteiger partial charge >= 0.3 is 0 Å². The molecule has 0 atom stereocenters. The van der Waals surface area contributed by atoms with Crippen LogP contribution in [-0.4, -0.2) is 18.5 Å². The van der Waals surface area contributed by atoms with Crippen LogP contribution in [-0.2, 0) is 0 Å². The molecule has 0 amide bonds. The summed E-state index contributed by atoms with van der Waals surface area (Å²) in [5.41, 5.74) is 5.66.